The number of benzene rings is 1. The highest BCUT2D eigenvalue weighted by Gasteiger charge is 2.38. The lowest BCUT2D eigenvalue weighted by molar-refractivity contribution is -0.141. The minimum atomic E-state index is -4.59. The Kier molecular flexibility index (Phi) is 6.23. The zero-order valence-corrected chi connectivity index (χ0v) is 16.5. The number of ether oxygens (including phenoxy) is 1. The smallest absolute Gasteiger partial charge is 0.354 e. The van der Waals surface area contributed by atoms with E-state index in [1.165, 1.54) is 24.4 Å². The van der Waals surface area contributed by atoms with Crippen molar-refractivity contribution in [2.75, 3.05) is 11.9 Å². The number of hydrogen-bond acceptors (Lipinski definition) is 5. The third-order valence-corrected chi connectivity index (χ3v) is 4.90. The molecule has 1 aliphatic heterocycles. The Morgan fingerprint density at radius 1 is 1.31 bits per heavy atom. The fourth-order valence-electron chi connectivity index (χ4n) is 2.83. The molecule has 0 bridgehead atoms. The van der Waals surface area contributed by atoms with Gasteiger partial charge in [-0.25, -0.2) is 0 Å². The van der Waals surface area contributed by atoms with Gasteiger partial charge in [0.05, 0.1) is 40.4 Å². The molecule has 29 heavy (non-hydrogen) atoms. The van der Waals surface area contributed by atoms with Crippen molar-refractivity contribution in [2.45, 2.75) is 31.3 Å². The number of nitrogens with two attached hydrogens (primary N) is 1. The summed E-state index contributed by atoms with van der Waals surface area (Å²) in [7, 11) is 0. The summed E-state index contributed by atoms with van der Waals surface area (Å²) >= 11 is 11.8. The molecule has 1 amide bonds. The van der Waals surface area contributed by atoms with E-state index in [0.29, 0.717) is 25.1 Å². The first-order valence-corrected chi connectivity index (χ1v) is 9.33. The van der Waals surface area contributed by atoms with Crippen LogP contribution in [0.2, 0.25) is 10.0 Å². The molecule has 3 rings (SSSR count). The highest BCUT2D eigenvalue weighted by molar-refractivity contribution is 6.31. The number of aromatic nitrogens is 1. The lowest BCUT2D eigenvalue weighted by atomic mass is 10.1. The molecular weight excluding hydrogens is 432 g/mol. The van der Waals surface area contributed by atoms with Crippen LogP contribution in [0.25, 0.3) is 0 Å². The minimum absolute atomic E-state index is 0.00496. The average Bonchev–Trinajstić information content (AvgIpc) is 3.09. The number of rotatable bonds is 5. The lowest BCUT2D eigenvalue weighted by Gasteiger charge is -2.21. The third kappa shape index (κ3) is 5.11. The largest absolute Gasteiger partial charge is 0.418 e. The summed E-state index contributed by atoms with van der Waals surface area (Å²) in [6.07, 6.45) is -2.18. The SMILES string of the molecule is N[C@@]1(C(=O)NCc2ncc(Nc3ccc(Cl)cc3C(F)(F)F)cc2Cl)CCCO1. The van der Waals surface area contributed by atoms with Gasteiger partial charge in [-0.1, -0.05) is 23.2 Å². The Bertz CT molecular complexity index is 918. The van der Waals surface area contributed by atoms with E-state index in [0.717, 1.165) is 6.07 Å². The molecule has 4 N–H and O–H groups in total. The van der Waals surface area contributed by atoms with Crippen LogP contribution in [0.5, 0.6) is 0 Å². The number of halogens is 5. The Labute approximate surface area is 174 Å². The summed E-state index contributed by atoms with van der Waals surface area (Å²) in [5, 5.41) is 5.37. The quantitative estimate of drug-likeness (QED) is 0.636. The molecule has 1 aliphatic rings. The van der Waals surface area contributed by atoms with Gasteiger partial charge in [0.2, 0.25) is 0 Å². The van der Waals surface area contributed by atoms with Crippen LogP contribution in [-0.4, -0.2) is 23.2 Å². The fourth-order valence-corrected chi connectivity index (χ4v) is 3.24. The highest BCUT2D eigenvalue weighted by atomic mass is 35.5. The van der Waals surface area contributed by atoms with Gasteiger partial charge in [0, 0.05) is 18.1 Å². The molecule has 1 saturated heterocycles. The maximum Gasteiger partial charge on any atom is 0.418 e. The molecule has 2 aromatic rings. The highest BCUT2D eigenvalue weighted by Crippen LogP contribution is 2.38. The molecule has 1 atom stereocenters. The van der Waals surface area contributed by atoms with E-state index in [1.807, 2.05) is 0 Å². The molecule has 1 aromatic heterocycles. The van der Waals surface area contributed by atoms with Crippen LogP contribution >= 0.6 is 23.2 Å². The molecule has 11 heteroatoms. The second-order valence-corrected chi connectivity index (χ2v) is 7.33. The number of amides is 1. The number of pyridine rings is 1. The average molecular weight is 449 g/mol. The summed E-state index contributed by atoms with van der Waals surface area (Å²) in [5.74, 6) is -0.481. The van der Waals surface area contributed by atoms with Crippen LogP contribution in [0.15, 0.2) is 30.5 Å². The molecule has 0 saturated carbocycles. The van der Waals surface area contributed by atoms with Gasteiger partial charge in [0.15, 0.2) is 5.72 Å². The maximum absolute atomic E-state index is 13.2. The van der Waals surface area contributed by atoms with Crippen LogP contribution in [-0.2, 0) is 22.3 Å². The first-order chi connectivity index (χ1) is 13.6. The lowest BCUT2D eigenvalue weighted by Crippen LogP contribution is -2.53. The van der Waals surface area contributed by atoms with Crippen LogP contribution in [0, 0.1) is 0 Å². The number of hydrogen-bond donors (Lipinski definition) is 3. The molecular formula is C18H17Cl2F3N4O2. The molecule has 2 heterocycles. The molecule has 1 aromatic carbocycles. The minimum Gasteiger partial charge on any atom is -0.354 e. The van der Waals surface area contributed by atoms with Gasteiger partial charge in [0.1, 0.15) is 0 Å². The number of nitrogens with one attached hydrogen (secondary N) is 2. The van der Waals surface area contributed by atoms with Crippen LogP contribution in [0.3, 0.4) is 0 Å². The van der Waals surface area contributed by atoms with Crippen molar-refractivity contribution < 1.29 is 22.7 Å². The Morgan fingerprint density at radius 2 is 2.07 bits per heavy atom. The van der Waals surface area contributed by atoms with Crippen molar-refractivity contribution in [3.05, 3.63) is 51.8 Å². The van der Waals surface area contributed by atoms with E-state index in [9.17, 15) is 18.0 Å². The second-order valence-electron chi connectivity index (χ2n) is 6.49. The number of anilines is 2. The number of alkyl halides is 3. The van der Waals surface area contributed by atoms with Crippen LogP contribution in [0.1, 0.15) is 24.1 Å². The molecule has 0 radical (unpaired) electrons. The van der Waals surface area contributed by atoms with Crippen LogP contribution in [0.4, 0.5) is 24.5 Å². The second kappa shape index (κ2) is 8.35. The molecule has 0 unspecified atom stereocenters. The fraction of sp³-hybridized carbons (Fsp3) is 0.333. The third-order valence-electron chi connectivity index (χ3n) is 4.34. The summed E-state index contributed by atoms with van der Waals surface area (Å²) < 4.78 is 44.9. The van der Waals surface area contributed by atoms with Crippen molar-refractivity contribution in [1.82, 2.24) is 10.3 Å². The Morgan fingerprint density at radius 3 is 2.69 bits per heavy atom. The Hall–Kier alpha value is -2.07. The standard InChI is InChI=1S/C18H17Cl2F3N4O2/c19-10-2-3-14(12(6-10)18(21,22)23)27-11-7-13(20)15(25-8-11)9-26-16(28)17(24)4-1-5-29-17/h2-3,6-8,27H,1,4-5,9,24H2,(H,26,28)/t17-/m0/s1. The van der Waals surface area contributed by atoms with Gasteiger partial charge >= 0.3 is 6.18 Å². The predicted octanol–water partition coefficient (Wildman–Crippen LogP) is 4.23. The molecule has 156 valence electrons. The topological polar surface area (TPSA) is 89.3 Å². The first kappa shape index (κ1) is 21.6. The van der Waals surface area contributed by atoms with Gasteiger partial charge < -0.3 is 15.4 Å². The monoisotopic (exact) mass is 448 g/mol. The van der Waals surface area contributed by atoms with E-state index >= 15 is 0 Å². The number of carbonyl (C=O) groups is 1. The van der Waals surface area contributed by atoms with Crippen molar-refractivity contribution in [2.24, 2.45) is 5.73 Å². The first-order valence-electron chi connectivity index (χ1n) is 8.58. The number of nitrogens with zero attached hydrogens (tertiary/aromatic N) is 1. The number of carbonyl (C=O) groups excluding carboxylic acids is 1. The molecule has 6 nitrogen and oxygen atoms in total. The van der Waals surface area contributed by atoms with Crippen molar-refractivity contribution in [3.63, 3.8) is 0 Å². The van der Waals surface area contributed by atoms with E-state index in [1.54, 1.807) is 0 Å². The maximum atomic E-state index is 13.2. The van der Waals surface area contributed by atoms with Gasteiger partial charge in [-0.3, -0.25) is 15.5 Å². The van der Waals surface area contributed by atoms with E-state index in [-0.39, 0.29) is 28.0 Å². The molecule has 0 spiro atoms. The summed E-state index contributed by atoms with van der Waals surface area (Å²) in [6, 6.07) is 4.80. The predicted molar refractivity (Wildman–Crippen MR) is 103 cm³/mol. The van der Waals surface area contributed by atoms with Crippen molar-refractivity contribution >= 4 is 40.5 Å². The van der Waals surface area contributed by atoms with Crippen molar-refractivity contribution in [3.8, 4) is 0 Å². The molecule has 1 fully saturated rings. The zero-order valence-electron chi connectivity index (χ0n) is 14.9. The van der Waals surface area contributed by atoms with E-state index in [2.05, 4.69) is 15.6 Å². The summed E-state index contributed by atoms with van der Waals surface area (Å²) in [4.78, 5) is 16.3. The van der Waals surface area contributed by atoms with Gasteiger partial charge in [-0.15, -0.1) is 0 Å². The summed E-state index contributed by atoms with van der Waals surface area (Å²) in [5.41, 5.74) is 3.98. The van der Waals surface area contributed by atoms with Gasteiger partial charge in [0.25, 0.3) is 5.91 Å². The van der Waals surface area contributed by atoms with E-state index < -0.39 is 23.4 Å². The van der Waals surface area contributed by atoms with Gasteiger partial charge in [-0.2, -0.15) is 13.2 Å². The van der Waals surface area contributed by atoms with Gasteiger partial charge in [-0.05, 0) is 30.7 Å². The normalized spacial score (nSPS) is 19.2. The molecule has 0 aliphatic carbocycles. The van der Waals surface area contributed by atoms with Crippen molar-refractivity contribution in [1.29, 1.82) is 0 Å². The summed E-state index contributed by atoms with van der Waals surface area (Å²) in [6.45, 7) is 0.406. The Balaban J connectivity index is 1.71. The zero-order chi connectivity index (χ0) is 21.2. The van der Waals surface area contributed by atoms with E-state index in [4.69, 9.17) is 33.7 Å². The van der Waals surface area contributed by atoms with Crippen LogP contribution < -0.4 is 16.4 Å².